The smallest absolute Gasteiger partial charge is 0.355 e. The Bertz CT molecular complexity index is 512. The quantitative estimate of drug-likeness (QED) is 0.788. The van der Waals surface area contributed by atoms with E-state index in [0.717, 1.165) is 0 Å². The van der Waals surface area contributed by atoms with Gasteiger partial charge in [0.2, 0.25) is 0 Å². The Morgan fingerprint density at radius 3 is 2.68 bits per heavy atom. The average Bonchev–Trinajstić information content (AvgIpc) is 2.62. The van der Waals surface area contributed by atoms with Crippen LogP contribution in [0, 0.1) is 24.2 Å². The SMILES string of the molecule is Cc1nn(C)c(N2CCCC(C(F)(F)F)C2)c1C#N. The third kappa shape index (κ3) is 2.53. The molecule has 2 rings (SSSR count). The summed E-state index contributed by atoms with van der Waals surface area (Å²) < 4.78 is 39.9. The molecule has 0 bridgehead atoms. The van der Waals surface area contributed by atoms with Crippen molar-refractivity contribution in [1.82, 2.24) is 9.78 Å². The molecular formula is C12H15F3N4. The molecule has 1 atom stereocenters. The number of rotatable bonds is 1. The highest BCUT2D eigenvalue weighted by Gasteiger charge is 2.42. The summed E-state index contributed by atoms with van der Waals surface area (Å²) in [5.74, 6) is -0.836. The minimum absolute atomic E-state index is 0.100. The Morgan fingerprint density at radius 2 is 2.11 bits per heavy atom. The van der Waals surface area contributed by atoms with Crippen molar-refractivity contribution in [3.63, 3.8) is 0 Å². The maximum atomic E-state index is 12.8. The maximum absolute atomic E-state index is 12.8. The molecule has 1 aromatic heterocycles. The van der Waals surface area contributed by atoms with Gasteiger partial charge in [0.1, 0.15) is 17.5 Å². The van der Waals surface area contributed by atoms with Gasteiger partial charge in [0.15, 0.2) is 0 Å². The summed E-state index contributed by atoms with van der Waals surface area (Å²) in [5.41, 5.74) is 0.916. The fourth-order valence-electron chi connectivity index (χ4n) is 2.58. The summed E-state index contributed by atoms with van der Waals surface area (Å²) in [7, 11) is 1.65. The third-order valence-electron chi connectivity index (χ3n) is 3.49. The molecule has 1 aliphatic heterocycles. The standard InChI is InChI=1S/C12H15F3N4/c1-8-10(6-16)11(18(2)17-8)19-5-3-4-9(7-19)12(13,14)15/h9H,3-5,7H2,1-2H3. The fourth-order valence-corrected chi connectivity index (χ4v) is 2.58. The van der Waals surface area contributed by atoms with Crippen molar-refractivity contribution in [2.75, 3.05) is 18.0 Å². The number of piperidine rings is 1. The van der Waals surface area contributed by atoms with Crippen LogP contribution < -0.4 is 4.90 Å². The largest absolute Gasteiger partial charge is 0.393 e. The minimum atomic E-state index is -4.18. The number of hydrogen-bond donors (Lipinski definition) is 0. The number of anilines is 1. The molecular weight excluding hydrogens is 257 g/mol. The van der Waals surface area contributed by atoms with Crippen LogP contribution in [0.5, 0.6) is 0 Å². The van der Waals surface area contributed by atoms with Crippen LogP contribution in [0.1, 0.15) is 24.1 Å². The molecule has 0 N–H and O–H groups in total. The molecule has 1 saturated heterocycles. The Hall–Kier alpha value is -1.71. The number of halogens is 3. The molecule has 1 fully saturated rings. The molecule has 0 amide bonds. The second kappa shape index (κ2) is 4.76. The number of aromatic nitrogens is 2. The Labute approximate surface area is 109 Å². The maximum Gasteiger partial charge on any atom is 0.393 e. The van der Waals surface area contributed by atoms with E-state index < -0.39 is 12.1 Å². The summed E-state index contributed by atoms with van der Waals surface area (Å²) in [6.45, 7) is 2.12. The lowest BCUT2D eigenvalue weighted by Gasteiger charge is -2.35. The van der Waals surface area contributed by atoms with Crippen LogP contribution in [0.3, 0.4) is 0 Å². The molecule has 1 unspecified atom stereocenters. The zero-order valence-corrected chi connectivity index (χ0v) is 10.8. The molecule has 0 spiro atoms. The van der Waals surface area contributed by atoms with E-state index in [1.54, 1.807) is 18.9 Å². The molecule has 19 heavy (non-hydrogen) atoms. The predicted octanol–water partition coefficient (Wildman–Crippen LogP) is 2.38. The van der Waals surface area contributed by atoms with E-state index in [9.17, 15) is 13.2 Å². The van der Waals surface area contributed by atoms with Gasteiger partial charge in [0, 0.05) is 20.1 Å². The second-order valence-electron chi connectivity index (χ2n) is 4.85. The van der Waals surface area contributed by atoms with E-state index in [4.69, 9.17) is 5.26 Å². The molecule has 1 aromatic rings. The fraction of sp³-hybridized carbons (Fsp3) is 0.667. The van der Waals surface area contributed by atoms with E-state index in [1.165, 1.54) is 4.68 Å². The van der Waals surface area contributed by atoms with Crippen LogP contribution in [0.4, 0.5) is 19.0 Å². The van der Waals surface area contributed by atoms with Crippen molar-refractivity contribution in [2.45, 2.75) is 25.9 Å². The number of nitrogens with zero attached hydrogens (tertiary/aromatic N) is 4. The highest BCUT2D eigenvalue weighted by atomic mass is 19.4. The Balaban J connectivity index is 2.30. The van der Waals surface area contributed by atoms with E-state index in [-0.39, 0.29) is 13.0 Å². The minimum Gasteiger partial charge on any atom is -0.355 e. The first-order valence-electron chi connectivity index (χ1n) is 6.10. The summed E-state index contributed by atoms with van der Waals surface area (Å²) in [6.07, 6.45) is -3.56. The first kappa shape index (κ1) is 13.7. The third-order valence-corrected chi connectivity index (χ3v) is 3.49. The molecule has 104 valence electrons. The predicted molar refractivity (Wildman–Crippen MR) is 63.7 cm³/mol. The van der Waals surface area contributed by atoms with Gasteiger partial charge in [-0.2, -0.15) is 23.5 Å². The normalized spacial score (nSPS) is 20.4. The van der Waals surface area contributed by atoms with Gasteiger partial charge in [-0.1, -0.05) is 0 Å². The van der Waals surface area contributed by atoms with Crippen molar-refractivity contribution in [3.05, 3.63) is 11.3 Å². The van der Waals surface area contributed by atoms with Crippen molar-refractivity contribution in [3.8, 4) is 6.07 Å². The Morgan fingerprint density at radius 1 is 1.42 bits per heavy atom. The molecule has 4 nitrogen and oxygen atoms in total. The number of alkyl halides is 3. The monoisotopic (exact) mass is 272 g/mol. The van der Waals surface area contributed by atoms with Gasteiger partial charge < -0.3 is 4.90 Å². The number of aryl methyl sites for hydroxylation is 2. The van der Waals surface area contributed by atoms with Gasteiger partial charge in [0.05, 0.1) is 11.6 Å². The van der Waals surface area contributed by atoms with Crippen molar-refractivity contribution >= 4 is 5.82 Å². The van der Waals surface area contributed by atoms with E-state index in [2.05, 4.69) is 5.10 Å². The van der Waals surface area contributed by atoms with Gasteiger partial charge in [-0.05, 0) is 19.8 Å². The summed E-state index contributed by atoms with van der Waals surface area (Å²) in [6, 6.07) is 2.03. The summed E-state index contributed by atoms with van der Waals surface area (Å²) in [4.78, 5) is 1.63. The van der Waals surface area contributed by atoms with Crippen molar-refractivity contribution < 1.29 is 13.2 Å². The molecule has 1 aliphatic rings. The molecule has 0 aliphatic carbocycles. The Kier molecular flexibility index (Phi) is 3.43. The van der Waals surface area contributed by atoms with E-state index in [1.807, 2.05) is 6.07 Å². The zero-order chi connectivity index (χ0) is 14.2. The van der Waals surface area contributed by atoms with E-state index >= 15 is 0 Å². The summed E-state index contributed by atoms with van der Waals surface area (Å²) >= 11 is 0. The van der Waals surface area contributed by atoms with Gasteiger partial charge in [-0.15, -0.1) is 0 Å². The molecule has 2 heterocycles. The van der Waals surface area contributed by atoms with Crippen LogP contribution in [0.25, 0.3) is 0 Å². The van der Waals surface area contributed by atoms with Crippen LogP contribution >= 0.6 is 0 Å². The van der Waals surface area contributed by atoms with Crippen LogP contribution in [-0.4, -0.2) is 29.0 Å². The lowest BCUT2D eigenvalue weighted by Crippen LogP contribution is -2.42. The van der Waals surface area contributed by atoms with Crippen LogP contribution in [0.15, 0.2) is 0 Å². The van der Waals surface area contributed by atoms with Crippen LogP contribution in [-0.2, 0) is 7.05 Å². The molecule has 0 saturated carbocycles. The molecule has 7 heteroatoms. The van der Waals surface area contributed by atoms with Crippen LogP contribution in [0.2, 0.25) is 0 Å². The first-order valence-corrected chi connectivity index (χ1v) is 6.10. The summed E-state index contributed by atoms with van der Waals surface area (Å²) in [5, 5.41) is 13.2. The van der Waals surface area contributed by atoms with Gasteiger partial charge >= 0.3 is 6.18 Å². The first-order chi connectivity index (χ1) is 8.84. The highest BCUT2D eigenvalue weighted by Crippen LogP contribution is 2.35. The van der Waals surface area contributed by atoms with Crippen molar-refractivity contribution in [2.24, 2.45) is 13.0 Å². The molecule has 0 aromatic carbocycles. The van der Waals surface area contributed by atoms with Gasteiger partial charge in [0.25, 0.3) is 0 Å². The highest BCUT2D eigenvalue weighted by molar-refractivity contribution is 5.57. The average molecular weight is 272 g/mol. The number of hydrogen-bond acceptors (Lipinski definition) is 3. The van der Waals surface area contributed by atoms with Gasteiger partial charge in [-0.25, -0.2) is 0 Å². The van der Waals surface area contributed by atoms with E-state index in [0.29, 0.717) is 30.0 Å². The van der Waals surface area contributed by atoms with Gasteiger partial charge in [-0.3, -0.25) is 4.68 Å². The second-order valence-corrected chi connectivity index (χ2v) is 4.85. The lowest BCUT2D eigenvalue weighted by atomic mass is 9.97. The molecule has 0 radical (unpaired) electrons. The topological polar surface area (TPSA) is 44.9 Å². The number of nitriles is 1. The zero-order valence-electron chi connectivity index (χ0n) is 10.8. The van der Waals surface area contributed by atoms with Crippen molar-refractivity contribution in [1.29, 1.82) is 5.26 Å². The lowest BCUT2D eigenvalue weighted by molar-refractivity contribution is -0.176.